The number of halogens is 1. The first kappa shape index (κ1) is 15.7. The summed E-state index contributed by atoms with van der Waals surface area (Å²) >= 11 is 0. The zero-order valence-electron chi connectivity index (χ0n) is 9.98. The van der Waals surface area contributed by atoms with Crippen molar-refractivity contribution in [1.82, 2.24) is 4.90 Å². The van der Waals surface area contributed by atoms with Crippen molar-refractivity contribution in [3.05, 3.63) is 0 Å². The maximum Gasteiger partial charge on any atom is 0.222 e. The van der Waals surface area contributed by atoms with Gasteiger partial charge in [0.15, 0.2) is 0 Å². The van der Waals surface area contributed by atoms with Gasteiger partial charge < -0.3 is 15.4 Å². The highest BCUT2D eigenvalue weighted by Crippen LogP contribution is 2.17. The molecule has 0 aromatic heterocycles. The molecule has 0 saturated carbocycles. The number of carbonyl (C=O) groups is 1. The number of nitrogens with two attached hydrogens (primary N) is 1. The molecule has 1 unspecified atom stereocenters. The number of likely N-dealkylation sites (tertiary alicyclic amines) is 1. The van der Waals surface area contributed by atoms with Crippen molar-refractivity contribution in [3.8, 4) is 0 Å². The van der Waals surface area contributed by atoms with Crippen LogP contribution in [0.5, 0.6) is 0 Å². The summed E-state index contributed by atoms with van der Waals surface area (Å²) in [5, 5.41) is 0. The Kier molecular flexibility index (Phi) is 8.61. The van der Waals surface area contributed by atoms with Gasteiger partial charge in [0, 0.05) is 38.8 Å². The van der Waals surface area contributed by atoms with Gasteiger partial charge in [0.1, 0.15) is 0 Å². The molecule has 1 heterocycles. The Morgan fingerprint density at radius 3 is 2.94 bits per heavy atom. The van der Waals surface area contributed by atoms with Gasteiger partial charge in [-0.2, -0.15) is 0 Å². The minimum Gasteiger partial charge on any atom is -0.382 e. The summed E-state index contributed by atoms with van der Waals surface area (Å²) in [4.78, 5) is 13.7. The van der Waals surface area contributed by atoms with E-state index in [1.54, 1.807) is 0 Å². The SMILES string of the molecule is CCOCCCC(=O)N1CCCC1CN.Cl. The van der Waals surface area contributed by atoms with Crippen LogP contribution >= 0.6 is 12.4 Å². The number of ether oxygens (including phenoxy) is 1. The zero-order valence-corrected chi connectivity index (χ0v) is 10.8. The van der Waals surface area contributed by atoms with E-state index in [9.17, 15) is 4.79 Å². The third-order valence-electron chi connectivity index (χ3n) is 2.85. The molecule has 2 N–H and O–H groups in total. The molecule has 1 saturated heterocycles. The molecule has 0 aliphatic carbocycles. The molecule has 1 atom stereocenters. The fraction of sp³-hybridized carbons (Fsp3) is 0.909. The lowest BCUT2D eigenvalue weighted by molar-refractivity contribution is -0.132. The first-order valence-electron chi connectivity index (χ1n) is 5.86. The molecule has 0 radical (unpaired) electrons. The van der Waals surface area contributed by atoms with Gasteiger partial charge >= 0.3 is 0 Å². The molecule has 0 aromatic rings. The molecule has 96 valence electrons. The Morgan fingerprint density at radius 2 is 2.31 bits per heavy atom. The molecule has 0 bridgehead atoms. The molecule has 1 fully saturated rings. The highest BCUT2D eigenvalue weighted by Gasteiger charge is 2.26. The van der Waals surface area contributed by atoms with Gasteiger partial charge in [0.25, 0.3) is 0 Å². The highest BCUT2D eigenvalue weighted by molar-refractivity contribution is 5.85. The largest absolute Gasteiger partial charge is 0.382 e. The molecule has 0 spiro atoms. The molecule has 1 aliphatic heterocycles. The van der Waals surface area contributed by atoms with E-state index in [4.69, 9.17) is 10.5 Å². The molecule has 5 heteroatoms. The maximum absolute atomic E-state index is 11.8. The fourth-order valence-electron chi connectivity index (χ4n) is 2.02. The van der Waals surface area contributed by atoms with Gasteiger partial charge in [-0.05, 0) is 26.2 Å². The molecule has 1 amide bonds. The monoisotopic (exact) mass is 250 g/mol. The lowest BCUT2D eigenvalue weighted by Crippen LogP contribution is -2.39. The molecule has 16 heavy (non-hydrogen) atoms. The van der Waals surface area contributed by atoms with E-state index in [0.717, 1.165) is 32.4 Å². The van der Waals surface area contributed by atoms with E-state index in [0.29, 0.717) is 19.6 Å². The van der Waals surface area contributed by atoms with E-state index >= 15 is 0 Å². The lowest BCUT2D eigenvalue weighted by Gasteiger charge is -2.23. The molecular formula is C11H23ClN2O2. The summed E-state index contributed by atoms with van der Waals surface area (Å²) in [6.07, 6.45) is 3.57. The van der Waals surface area contributed by atoms with E-state index in [-0.39, 0.29) is 24.4 Å². The van der Waals surface area contributed by atoms with Crippen molar-refractivity contribution in [2.24, 2.45) is 5.73 Å². The summed E-state index contributed by atoms with van der Waals surface area (Å²) in [6.45, 7) is 4.85. The Labute approximate surface area is 104 Å². The second-order valence-corrected chi connectivity index (χ2v) is 3.92. The first-order chi connectivity index (χ1) is 7.29. The number of amides is 1. The molecule has 1 aliphatic rings. The van der Waals surface area contributed by atoms with Gasteiger partial charge in [0.2, 0.25) is 5.91 Å². The minimum atomic E-state index is 0. The average molecular weight is 251 g/mol. The second-order valence-electron chi connectivity index (χ2n) is 3.92. The number of carbonyl (C=O) groups excluding carboxylic acids is 1. The van der Waals surface area contributed by atoms with Crippen LogP contribution in [0.1, 0.15) is 32.6 Å². The molecule has 0 aromatic carbocycles. The Hall–Kier alpha value is -0.320. The van der Waals surface area contributed by atoms with Gasteiger partial charge in [-0.25, -0.2) is 0 Å². The van der Waals surface area contributed by atoms with Crippen LogP contribution < -0.4 is 5.73 Å². The smallest absolute Gasteiger partial charge is 0.222 e. The van der Waals surface area contributed by atoms with Crippen LogP contribution in [0.2, 0.25) is 0 Å². The predicted octanol–water partition coefficient (Wildman–Crippen LogP) is 1.17. The summed E-state index contributed by atoms with van der Waals surface area (Å²) in [5.74, 6) is 0.239. The van der Waals surface area contributed by atoms with Crippen LogP contribution in [0.25, 0.3) is 0 Å². The van der Waals surface area contributed by atoms with E-state index in [1.165, 1.54) is 0 Å². The maximum atomic E-state index is 11.8. The third kappa shape index (κ3) is 4.68. The average Bonchev–Trinajstić information content (AvgIpc) is 2.72. The summed E-state index contributed by atoms with van der Waals surface area (Å²) in [7, 11) is 0. The van der Waals surface area contributed by atoms with Gasteiger partial charge in [-0.15, -0.1) is 12.4 Å². The van der Waals surface area contributed by atoms with Crippen molar-refractivity contribution in [3.63, 3.8) is 0 Å². The molecule has 4 nitrogen and oxygen atoms in total. The lowest BCUT2D eigenvalue weighted by atomic mass is 10.2. The van der Waals surface area contributed by atoms with Gasteiger partial charge in [-0.3, -0.25) is 4.79 Å². The summed E-state index contributed by atoms with van der Waals surface area (Å²) in [5.41, 5.74) is 5.62. The Balaban J connectivity index is 0.00000225. The van der Waals surface area contributed by atoms with E-state index in [2.05, 4.69) is 0 Å². The number of hydrogen-bond acceptors (Lipinski definition) is 3. The van der Waals surface area contributed by atoms with Crippen molar-refractivity contribution in [1.29, 1.82) is 0 Å². The minimum absolute atomic E-state index is 0. The van der Waals surface area contributed by atoms with Gasteiger partial charge in [0.05, 0.1) is 0 Å². The topological polar surface area (TPSA) is 55.6 Å². The van der Waals surface area contributed by atoms with Crippen molar-refractivity contribution in [2.45, 2.75) is 38.6 Å². The number of nitrogens with zero attached hydrogens (tertiary/aromatic N) is 1. The van der Waals surface area contributed by atoms with Crippen LogP contribution in [-0.2, 0) is 9.53 Å². The fourth-order valence-corrected chi connectivity index (χ4v) is 2.02. The molecule has 1 rings (SSSR count). The van der Waals surface area contributed by atoms with E-state index in [1.807, 2.05) is 11.8 Å². The quantitative estimate of drug-likeness (QED) is 0.720. The van der Waals surface area contributed by atoms with Crippen molar-refractivity contribution < 1.29 is 9.53 Å². The predicted molar refractivity (Wildman–Crippen MR) is 66.8 cm³/mol. The Bertz CT molecular complexity index is 202. The van der Waals surface area contributed by atoms with Crippen LogP contribution in [0, 0.1) is 0 Å². The first-order valence-corrected chi connectivity index (χ1v) is 5.86. The van der Waals surface area contributed by atoms with Crippen LogP contribution in [-0.4, -0.2) is 43.2 Å². The van der Waals surface area contributed by atoms with Crippen LogP contribution in [0.4, 0.5) is 0 Å². The van der Waals surface area contributed by atoms with Gasteiger partial charge in [-0.1, -0.05) is 0 Å². The third-order valence-corrected chi connectivity index (χ3v) is 2.85. The number of hydrogen-bond donors (Lipinski definition) is 1. The zero-order chi connectivity index (χ0) is 11.1. The van der Waals surface area contributed by atoms with Crippen LogP contribution in [0.15, 0.2) is 0 Å². The highest BCUT2D eigenvalue weighted by atomic mass is 35.5. The second kappa shape index (κ2) is 8.79. The van der Waals surface area contributed by atoms with Crippen molar-refractivity contribution in [2.75, 3.05) is 26.3 Å². The normalized spacial score (nSPS) is 19.6. The summed E-state index contributed by atoms with van der Waals surface area (Å²) in [6, 6.07) is 0.282. The Morgan fingerprint density at radius 1 is 1.56 bits per heavy atom. The van der Waals surface area contributed by atoms with Crippen LogP contribution in [0.3, 0.4) is 0 Å². The number of rotatable bonds is 6. The van der Waals surface area contributed by atoms with Crippen molar-refractivity contribution >= 4 is 18.3 Å². The summed E-state index contributed by atoms with van der Waals surface area (Å²) < 4.78 is 5.20. The van der Waals surface area contributed by atoms with E-state index < -0.39 is 0 Å². The standard InChI is InChI=1S/C11H22N2O2.ClH/c1-2-15-8-4-6-11(14)13-7-3-5-10(13)9-12;/h10H,2-9,12H2,1H3;1H. The molecular weight excluding hydrogens is 228 g/mol.